The Labute approximate surface area is 43.8 Å². The Morgan fingerprint density at radius 1 is 1.71 bits per heavy atom. The summed E-state index contributed by atoms with van der Waals surface area (Å²) in [6.07, 6.45) is 3.92. The Bertz CT molecular complexity index is 137. The molecule has 1 heterocycles. The molecule has 0 unspecified atom stereocenters. The summed E-state index contributed by atoms with van der Waals surface area (Å²) in [5.74, 6) is 1.85. The van der Waals surface area contributed by atoms with Crippen LogP contribution in [-0.4, -0.2) is 12.8 Å². The topological polar surface area (TPSA) is 17.1 Å². The third-order valence-electron chi connectivity index (χ3n) is 1.16. The van der Waals surface area contributed by atoms with Gasteiger partial charge >= 0.3 is 0 Å². The molecule has 0 saturated heterocycles. The molecular formula is C5H9OP. The number of allylic oxidation sites excluding steroid dienone is 1. The lowest BCUT2D eigenvalue weighted by molar-refractivity contribution is 0.585. The zero-order valence-corrected chi connectivity index (χ0v) is 5.32. The lowest BCUT2D eigenvalue weighted by Gasteiger charge is -1.94. The van der Waals surface area contributed by atoms with E-state index in [1.807, 2.05) is 18.6 Å². The lowest BCUT2D eigenvalue weighted by atomic mass is 10.5. The minimum atomic E-state index is -1.72. The summed E-state index contributed by atoms with van der Waals surface area (Å²) >= 11 is 0. The average Bonchev–Trinajstić information content (AvgIpc) is 1.84. The van der Waals surface area contributed by atoms with Crippen molar-refractivity contribution in [1.82, 2.24) is 0 Å². The van der Waals surface area contributed by atoms with Crippen molar-refractivity contribution in [3.63, 3.8) is 0 Å². The molecule has 1 rings (SSSR count). The molecule has 0 aromatic heterocycles. The maximum atomic E-state index is 10.9. The fourth-order valence-electron chi connectivity index (χ4n) is 0.703. The normalized spacial score (nSPS) is 39.6. The molecule has 1 aliphatic rings. The Kier molecular flexibility index (Phi) is 1.08. The summed E-state index contributed by atoms with van der Waals surface area (Å²) in [5, 5.41) is 0. The number of rotatable bonds is 0. The first-order valence-corrected chi connectivity index (χ1v) is 4.85. The molecule has 2 heteroatoms. The van der Waals surface area contributed by atoms with Gasteiger partial charge in [0.25, 0.3) is 0 Å². The molecule has 1 atom stereocenters. The molecule has 0 fully saturated rings. The van der Waals surface area contributed by atoms with Crippen molar-refractivity contribution in [3.05, 3.63) is 11.9 Å². The second-order valence-electron chi connectivity index (χ2n) is 2.07. The van der Waals surface area contributed by atoms with E-state index < -0.39 is 7.14 Å². The van der Waals surface area contributed by atoms with E-state index in [0.29, 0.717) is 0 Å². The summed E-state index contributed by atoms with van der Waals surface area (Å²) in [6, 6.07) is 0. The van der Waals surface area contributed by atoms with Crippen molar-refractivity contribution < 1.29 is 4.57 Å². The molecule has 0 N–H and O–H groups in total. The Morgan fingerprint density at radius 3 is 2.57 bits per heavy atom. The van der Waals surface area contributed by atoms with Gasteiger partial charge in [0.2, 0.25) is 0 Å². The molecule has 0 radical (unpaired) electrons. The first-order chi connectivity index (χ1) is 3.21. The van der Waals surface area contributed by atoms with E-state index in [1.165, 1.54) is 0 Å². The Morgan fingerprint density at radius 2 is 2.43 bits per heavy atom. The second kappa shape index (κ2) is 1.48. The molecule has 1 aliphatic heterocycles. The summed E-state index contributed by atoms with van der Waals surface area (Å²) in [6.45, 7) is 1.83. The van der Waals surface area contributed by atoms with Gasteiger partial charge in [-0.1, -0.05) is 6.08 Å². The molecule has 0 aromatic carbocycles. The molecule has 40 valence electrons. The van der Waals surface area contributed by atoms with Crippen LogP contribution < -0.4 is 0 Å². The van der Waals surface area contributed by atoms with Crippen molar-refractivity contribution in [3.8, 4) is 0 Å². The first-order valence-electron chi connectivity index (χ1n) is 2.45. The van der Waals surface area contributed by atoms with Gasteiger partial charge in [-0.15, -0.1) is 0 Å². The van der Waals surface area contributed by atoms with Gasteiger partial charge in [-0.05, 0) is 18.9 Å². The molecule has 7 heavy (non-hydrogen) atoms. The van der Waals surface area contributed by atoms with Gasteiger partial charge in [0.15, 0.2) is 0 Å². The van der Waals surface area contributed by atoms with Gasteiger partial charge in [-0.2, -0.15) is 0 Å². The highest BCUT2D eigenvalue weighted by Crippen LogP contribution is 2.47. The van der Waals surface area contributed by atoms with Crippen molar-refractivity contribution in [2.45, 2.75) is 6.42 Å². The zero-order valence-electron chi connectivity index (χ0n) is 4.42. The third kappa shape index (κ3) is 1.17. The average molecular weight is 116 g/mol. The van der Waals surface area contributed by atoms with E-state index in [9.17, 15) is 4.57 Å². The molecule has 0 amide bonds. The highest BCUT2D eigenvalue weighted by molar-refractivity contribution is 7.66. The Hall–Kier alpha value is -0.0300. The van der Waals surface area contributed by atoms with E-state index in [0.717, 1.165) is 12.6 Å². The highest BCUT2D eigenvalue weighted by atomic mass is 31.2. The first kappa shape index (κ1) is 5.11. The maximum Gasteiger partial charge on any atom is 0.105 e. The van der Waals surface area contributed by atoms with Gasteiger partial charge in [-0.25, -0.2) is 0 Å². The van der Waals surface area contributed by atoms with Gasteiger partial charge in [0, 0.05) is 6.16 Å². The fraction of sp³-hybridized carbons (Fsp3) is 0.600. The lowest BCUT2D eigenvalue weighted by Crippen LogP contribution is -1.71. The SMILES string of the molecule is C[P@@]1(=O)C=CCC1. The van der Waals surface area contributed by atoms with Crippen molar-refractivity contribution in [2.75, 3.05) is 12.8 Å². The standard InChI is InChI=1S/C5H9OP/c1-7(6)4-2-3-5-7/h2,4H,3,5H2,1H3/t7-/m1/s1. The van der Waals surface area contributed by atoms with E-state index in [4.69, 9.17) is 0 Å². The van der Waals surface area contributed by atoms with Crippen LogP contribution in [0.25, 0.3) is 0 Å². The molecule has 0 aliphatic carbocycles. The highest BCUT2D eigenvalue weighted by Gasteiger charge is 2.13. The van der Waals surface area contributed by atoms with Crippen LogP contribution in [0.3, 0.4) is 0 Å². The molecule has 0 spiro atoms. The van der Waals surface area contributed by atoms with Crippen LogP contribution in [0.2, 0.25) is 0 Å². The van der Waals surface area contributed by atoms with Gasteiger partial charge < -0.3 is 4.57 Å². The van der Waals surface area contributed by atoms with Crippen LogP contribution in [0.15, 0.2) is 11.9 Å². The van der Waals surface area contributed by atoms with Crippen molar-refractivity contribution in [1.29, 1.82) is 0 Å². The quantitative estimate of drug-likeness (QED) is 0.442. The largest absolute Gasteiger partial charge is 0.320 e. The number of hydrogen-bond donors (Lipinski definition) is 0. The summed E-state index contributed by atoms with van der Waals surface area (Å²) in [7, 11) is -1.72. The smallest absolute Gasteiger partial charge is 0.105 e. The second-order valence-corrected chi connectivity index (χ2v) is 5.16. The van der Waals surface area contributed by atoms with Crippen LogP contribution in [0.4, 0.5) is 0 Å². The predicted molar refractivity (Wildman–Crippen MR) is 32.2 cm³/mol. The van der Waals surface area contributed by atoms with Gasteiger partial charge in [0.05, 0.1) is 0 Å². The summed E-state index contributed by atoms with van der Waals surface area (Å²) < 4.78 is 10.9. The Balaban J connectivity index is 2.77. The van der Waals surface area contributed by atoms with Crippen LogP contribution in [0.1, 0.15) is 6.42 Å². The fourth-order valence-corrected chi connectivity index (χ4v) is 2.11. The van der Waals surface area contributed by atoms with Gasteiger partial charge in [-0.3, -0.25) is 0 Å². The van der Waals surface area contributed by atoms with E-state index >= 15 is 0 Å². The van der Waals surface area contributed by atoms with Crippen LogP contribution in [0, 0.1) is 0 Å². The zero-order chi connectivity index (χ0) is 5.33. The number of hydrogen-bond acceptors (Lipinski definition) is 1. The third-order valence-corrected chi connectivity index (χ3v) is 3.15. The molecular weight excluding hydrogens is 107 g/mol. The molecule has 0 bridgehead atoms. The minimum Gasteiger partial charge on any atom is -0.320 e. The maximum absolute atomic E-state index is 10.9. The molecule has 0 saturated carbocycles. The van der Waals surface area contributed by atoms with Crippen LogP contribution in [-0.2, 0) is 4.57 Å². The van der Waals surface area contributed by atoms with Crippen LogP contribution in [0.5, 0.6) is 0 Å². The summed E-state index contributed by atoms with van der Waals surface area (Å²) in [5.41, 5.74) is 0. The van der Waals surface area contributed by atoms with E-state index in [2.05, 4.69) is 0 Å². The molecule has 0 aromatic rings. The minimum absolute atomic E-state index is 0.896. The van der Waals surface area contributed by atoms with Crippen LogP contribution >= 0.6 is 7.14 Å². The van der Waals surface area contributed by atoms with E-state index in [-0.39, 0.29) is 0 Å². The molecule has 1 nitrogen and oxygen atoms in total. The monoisotopic (exact) mass is 116 g/mol. The van der Waals surface area contributed by atoms with Crippen molar-refractivity contribution in [2.24, 2.45) is 0 Å². The summed E-state index contributed by atoms with van der Waals surface area (Å²) in [4.78, 5) is 0. The van der Waals surface area contributed by atoms with Crippen molar-refractivity contribution >= 4 is 7.14 Å². The van der Waals surface area contributed by atoms with Gasteiger partial charge in [0.1, 0.15) is 7.14 Å². The van der Waals surface area contributed by atoms with E-state index in [1.54, 1.807) is 0 Å². The predicted octanol–water partition coefficient (Wildman–Crippen LogP) is 1.90.